The summed E-state index contributed by atoms with van der Waals surface area (Å²) in [5, 5.41) is 4.86. The molecule has 0 aromatic carbocycles. The summed E-state index contributed by atoms with van der Waals surface area (Å²) in [5.41, 5.74) is 2.81. The van der Waals surface area contributed by atoms with Crippen molar-refractivity contribution in [2.24, 2.45) is 0 Å². The summed E-state index contributed by atoms with van der Waals surface area (Å²) in [6.45, 7) is 6.12. The van der Waals surface area contributed by atoms with E-state index in [1.54, 1.807) is 0 Å². The average Bonchev–Trinajstić information content (AvgIpc) is 2.16. The third-order valence-corrected chi connectivity index (χ3v) is 1.83. The first-order valence-corrected chi connectivity index (χ1v) is 4.66. The van der Waals surface area contributed by atoms with Crippen molar-refractivity contribution in [3.8, 4) is 0 Å². The Morgan fingerprint density at radius 2 is 2.15 bits per heavy atom. The Morgan fingerprint density at radius 3 is 2.77 bits per heavy atom. The highest BCUT2D eigenvalue weighted by Gasteiger charge is 2.11. The summed E-state index contributed by atoms with van der Waals surface area (Å²) in [5.74, 6) is 0.0174. The van der Waals surface area contributed by atoms with E-state index < -0.39 is 0 Å². The third kappa shape index (κ3) is 4.21. The lowest BCUT2D eigenvalue weighted by Crippen LogP contribution is -2.50. The minimum Gasteiger partial charge on any atom is -0.379 e. The monoisotopic (exact) mass is 187 g/mol. The number of carbonyl (C=O) groups excluding carboxylic acids is 1. The van der Waals surface area contributed by atoms with E-state index in [-0.39, 0.29) is 5.91 Å². The molecule has 1 rings (SSSR count). The fraction of sp³-hybridized carbons (Fsp3) is 0.875. The van der Waals surface area contributed by atoms with E-state index in [1.807, 2.05) is 11.9 Å². The number of hydrazine groups is 1. The van der Waals surface area contributed by atoms with Crippen molar-refractivity contribution in [2.45, 2.75) is 6.92 Å². The zero-order valence-corrected chi connectivity index (χ0v) is 8.01. The number of hydrogen-bond acceptors (Lipinski definition) is 4. The van der Waals surface area contributed by atoms with Gasteiger partial charge in [-0.15, -0.1) is 0 Å². The second-order valence-electron chi connectivity index (χ2n) is 2.91. The molecule has 0 aliphatic carbocycles. The molecule has 0 unspecified atom stereocenters. The van der Waals surface area contributed by atoms with Crippen LogP contribution < -0.4 is 10.7 Å². The molecule has 2 N–H and O–H groups in total. The number of likely N-dealkylation sites (N-methyl/N-ethyl adjacent to an activating group) is 1. The van der Waals surface area contributed by atoms with Gasteiger partial charge in [0.05, 0.1) is 19.8 Å². The van der Waals surface area contributed by atoms with E-state index in [0.717, 1.165) is 19.6 Å². The molecule has 1 saturated heterocycles. The SMILES string of the molecule is CCNCC(=O)NN1CCOCC1. The maximum absolute atomic E-state index is 11.2. The predicted molar refractivity (Wildman–Crippen MR) is 49.1 cm³/mol. The first kappa shape index (κ1) is 10.4. The number of rotatable bonds is 4. The fourth-order valence-electron chi connectivity index (χ4n) is 1.13. The fourth-order valence-corrected chi connectivity index (χ4v) is 1.13. The molecule has 1 amide bonds. The van der Waals surface area contributed by atoms with Crippen LogP contribution >= 0.6 is 0 Å². The molecular weight excluding hydrogens is 170 g/mol. The normalized spacial score (nSPS) is 18.5. The van der Waals surface area contributed by atoms with Crippen LogP contribution in [0.25, 0.3) is 0 Å². The molecule has 0 bridgehead atoms. The molecule has 0 saturated carbocycles. The van der Waals surface area contributed by atoms with E-state index in [4.69, 9.17) is 4.74 Å². The molecule has 5 heteroatoms. The van der Waals surface area contributed by atoms with E-state index >= 15 is 0 Å². The lowest BCUT2D eigenvalue weighted by molar-refractivity contribution is -0.127. The maximum Gasteiger partial charge on any atom is 0.248 e. The molecular formula is C8H17N3O2. The number of ether oxygens (including phenoxy) is 1. The zero-order valence-electron chi connectivity index (χ0n) is 8.01. The van der Waals surface area contributed by atoms with Crippen molar-refractivity contribution in [3.63, 3.8) is 0 Å². The van der Waals surface area contributed by atoms with Gasteiger partial charge in [-0.05, 0) is 6.54 Å². The Bertz CT molecular complexity index is 157. The second-order valence-corrected chi connectivity index (χ2v) is 2.91. The Labute approximate surface area is 78.4 Å². The molecule has 76 valence electrons. The Morgan fingerprint density at radius 1 is 1.46 bits per heavy atom. The first-order valence-electron chi connectivity index (χ1n) is 4.66. The summed E-state index contributed by atoms with van der Waals surface area (Å²) in [7, 11) is 0. The van der Waals surface area contributed by atoms with Crippen LogP contribution in [0.2, 0.25) is 0 Å². The molecule has 1 aliphatic heterocycles. The van der Waals surface area contributed by atoms with Gasteiger partial charge in [-0.3, -0.25) is 10.2 Å². The highest BCUT2D eigenvalue weighted by Crippen LogP contribution is 1.91. The highest BCUT2D eigenvalue weighted by molar-refractivity contribution is 5.77. The van der Waals surface area contributed by atoms with Gasteiger partial charge in [0.25, 0.3) is 0 Å². The van der Waals surface area contributed by atoms with Crippen LogP contribution in [0, 0.1) is 0 Å². The van der Waals surface area contributed by atoms with Gasteiger partial charge in [0.1, 0.15) is 0 Å². The smallest absolute Gasteiger partial charge is 0.248 e. The zero-order chi connectivity index (χ0) is 9.52. The number of nitrogens with one attached hydrogen (secondary N) is 2. The Hall–Kier alpha value is -0.650. The van der Waals surface area contributed by atoms with E-state index in [0.29, 0.717) is 19.8 Å². The van der Waals surface area contributed by atoms with Crippen molar-refractivity contribution < 1.29 is 9.53 Å². The van der Waals surface area contributed by atoms with Crippen LogP contribution in [0.15, 0.2) is 0 Å². The Balaban J connectivity index is 2.11. The molecule has 1 fully saturated rings. The molecule has 0 aromatic rings. The standard InChI is InChI=1S/C8H17N3O2/c1-2-9-7-8(12)10-11-3-5-13-6-4-11/h9H,2-7H2,1H3,(H,10,12). The topological polar surface area (TPSA) is 53.6 Å². The Kier molecular flexibility index (Phi) is 4.74. The molecule has 0 atom stereocenters. The molecule has 0 spiro atoms. The van der Waals surface area contributed by atoms with Gasteiger partial charge in [0.15, 0.2) is 0 Å². The molecule has 5 nitrogen and oxygen atoms in total. The number of carbonyl (C=O) groups is 1. The van der Waals surface area contributed by atoms with Gasteiger partial charge in [-0.2, -0.15) is 0 Å². The van der Waals surface area contributed by atoms with Crippen LogP contribution in [-0.2, 0) is 9.53 Å². The van der Waals surface area contributed by atoms with Crippen molar-refractivity contribution in [1.29, 1.82) is 0 Å². The average molecular weight is 187 g/mol. The third-order valence-electron chi connectivity index (χ3n) is 1.83. The van der Waals surface area contributed by atoms with Crippen LogP contribution in [0.3, 0.4) is 0 Å². The van der Waals surface area contributed by atoms with Gasteiger partial charge in [-0.25, -0.2) is 5.01 Å². The second kappa shape index (κ2) is 5.90. The minimum absolute atomic E-state index is 0.0174. The van der Waals surface area contributed by atoms with Gasteiger partial charge < -0.3 is 10.1 Å². The van der Waals surface area contributed by atoms with Gasteiger partial charge in [0, 0.05) is 13.1 Å². The summed E-state index contributed by atoms with van der Waals surface area (Å²) in [6.07, 6.45) is 0. The number of morpholine rings is 1. The van der Waals surface area contributed by atoms with Crippen LogP contribution in [0.5, 0.6) is 0 Å². The van der Waals surface area contributed by atoms with Gasteiger partial charge in [-0.1, -0.05) is 6.92 Å². The molecule has 1 heterocycles. The van der Waals surface area contributed by atoms with Crippen molar-refractivity contribution in [3.05, 3.63) is 0 Å². The molecule has 13 heavy (non-hydrogen) atoms. The summed E-state index contributed by atoms with van der Waals surface area (Å²) in [6, 6.07) is 0. The van der Waals surface area contributed by atoms with Gasteiger partial charge >= 0.3 is 0 Å². The van der Waals surface area contributed by atoms with Crippen LogP contribution in [0.1, 0.15) is 6.92 Å². The molecule has 0 radical (unpaired) electrons. The highest BCUT2D eigenvalue weighted by atomic mass is 16.5. The van der Waals surface area contributed by atoms with E-state index in [9.17, 15) is 4.79 Å². The van der Waals surface area contributed by atoms with Crippen molar-refractivity contribution in [1.82, 2.24) is 15.8 Å². The molecule has 1 aliphatic rings. The summed E-state index contributed by atoms with van der Waals surface area (Å²) >= 11 is 0. The van der Waals surface area contributed by atoms with Crippen LogP contribution in [0.4, 0.5) is 0 Å². The maximum atomic E-state index is 11.2. The van der Waals surface area contributed by atoms with Crippen molar-refractivity contribution in [2.75, 3.05) is 39.4 Å². The predicted octanol–water partition coefficient (Wildman–Crippen LogP) is -1.04. The lowest BCUT2D eigenvalue weighted by Gasteiger charge is -2.26. The van der Waals surface area contributed by atoms with E-state index in [2.05, 4.69) is 10.7 Å². The number of nitrogens with zero attached hydrogens (tertiary/aromatic N) is 1. The minimum atomic E-state index is 0.0174. The van der Waals surface area contributed by atoms with Crippen molar-refractivity contribution >= 4 is 5.91 Å². The largest absolute Gasteiger partial charge is 0.379 e. The van der Waals surface area contributed by atoms with Crippen LogP contribution in [-0.4, -0.2) is 50.3 Å². The lowest BCUT2D eigenvalue weighted by atomic mass is 10.5. The summed E-state index contributed by atoms with van der Waals surface area (Å²) < 4.78 is 5.15. The number of amides is 1. The van der Waals surface area contributed by atoms with Gasteiger partial charge in [0.2, 0.25) is 5.91 Å². The molecule has 0 aromatic heterocycles. The quantitative estimate of drug-likeness (QED) is 0.590. The van der Waals surface area contributed by atoms with E-state index in [1.165, 1.54) is 0 Å². The number of hydrogen-bond donors (Lipinski definition) is 2. The summed E-state index contributed by atoms with van der Waals surface area (Å²) in [4.78, 5) is 11.2. The first-order chi connectivity index (χ1) is 6.33.